The Morgan fingerprint density at radius 3 is 2.48 bits per heavy atom. The van der Waals surface area contributed by atoms with E-state index in [1.165, 1.54) is 23.1 Å². The van der Waals surface area contributed by atoms with Crippen LogP contribution in [0.4, 0.5) is 15.3 Å². The Kier molecular flexibility index (Phi) is 4.59. The summed E-state index contributed by atoms with van der Waals surface area (Å²) in [5, 5.41) is 18.7. The number of amides is 5. The zero-order valence-electron chi connectivity index (χ0n) is 15.1. The number of nitro benzene ring substituents is 1. The maximum atomic E-state index is 12.7. The quantitative estimate of drug-likeness (QED) is 0.535. The summed E-state index contributed by atoms with van der Waals surface area (Å²) in [5.74, 6) is -1.43. The van der Waals surface area contributed by atoms with Crippen molar-refractivity contribution in [1.82, 2.24) is 20.9 Å². The van der Waals surface area contributed by atoms with Crippen molar-refractivity contribution in [2.24, 2.45) is 5.92 Å². The van der Waals surface area contributed by atoms with Gasteiger partial charge in [-0.25, -0.2) is 9.59 Å². The van der Waals surface area contributed by atoms with Gasteiger partial charge in [-0.05, 0) is 11.1 Å². The summed E-state index contributed by atoms with van der Waals surface area (Å²) in [4.78, 5) is 49.4. The molecule has 2 fully saturated rings. The normalized spacial score (nSPS) is 23.5. The van der Waals surface area contributed by atoms with Gasteiger partial charge < -0.3 is 10.6 Å². The number of hydrogen-bond acceptors (Lipinski definition) is 5. The standard InChI is InChI=1S/C19H17N5O5/c25-17-14-15(12-7-4-8-13(9-12)24(28)29)20-18(26)21-16(14)23(19(27)22-17)10-11-5-2-1-3-6-11/h1-9,14-16H,10H2,(H2,20,21,26)(H,22,25,27). The Morgan fingerprint density at radius 1 is 1.00 bits per heavy atom. The van der Waals surface area contributed by atoms with Crippen LogP contribution in [0.3, 0.4) is 0 Å². The molecule has 5 amide bonds. The Hall–Kier alpha value is -3.95. The van der Waals surface area contributed by atoms with Gasteiger partial charge in [0.05, 0.1) is 11.0 Å². The first-order chi connectivity index (χ1) is 13.9. The summed E-state index contributed by atoms with van der Waals surface area (Å²) in [6, 6.07) is 12.9. The van der Waals surface area contributed by atoms with Crippen LogP contribution in [0.25, 0.3) is 0 Å². The maximum Gasteiger partial charge on any atom is 0.326 e. The van der Waals surface area contributed by atoms with E-state index >= 15 is 0 Å². The van der Waals surface area contributed by atoms with E-state index in [1.807, 2.05) is 30.3 Å². The molecular formula is C19H17N5O5. The molecular weight excluding hydrogens is 378 g/mol. The molecule has 3 unspecified atom stereocenters. The van der Waals surface area contributed by atoms with Crippen molar-refractivity contribution >= 4 is 23.7 Å². The molecule has 2 aliphatic heterocycles. The smallest absolute Gasteiger partial charge is 0.326 e. The number of hydrogen-bond donors (Lipinski definition) is 3. The average molecular weight is 395 g/mol. The molecule has 2 aromatic rings. The third-order valence-corrected chi connectivity index (χ3v) is 5.03. The van der Waals surface area contributed by atoms with Crippen LogP contribution in [-0.2, 0) is 11.3 Å². The highest BCUT2D eigenvalue weighted by atomic mass is 16.6. The lowest BCUT2D eigenvalue weighted by Gasteiger charge is -2.46. The third kappa shape index (κ3) is 3.47. The number of non-ortho nitro benzene ring substituents is 1. The molecule has 3 N–H and O–H groups in total. The van der Waals surface area contributed by atoms with E-state index in [2.05, 4.69) is 16.0 Å². The van der Waals surface area contributed by atoms with Crippen LogP contribution in [0.2, 0.25) is 0 Å². The van der Waals surface area contributed by atoms with Crippen LogP contribution in [0.5, 0.6) is 0 Å². The van der Waals surface area contributed by atoms with E-state index in [1.54, 1.807) is 6.07 Å². The number of benzene rings is 2. The van der Waals surface area contributed by atoms with Gasteiger partial charge >= 0.3 is 12.1 Å². The van der Waals surface area contributed by atoms with Crippen molar-refractivity contribution in [2.75, 3.05) is 0 Å². The van der Waals surface area contributed by atoms with Crippen molar-refractivity contribution in [2.45, 2.75) is 18.8 Å². The fraction of sp³-hybridized carbons (Fsp3) is 0.211. The number of urea groups is 2. The third-order valence-electron chi connectivity index (χ3n) is 5.03. The molecule has 148 valence electrons. The summed E-state index contributed by atoms with van der Waals surface area (Å²) < 4.78 is 0. The van der Waals surface area contributed by atoms with Gasteiger partial charge in [0.15, 0.2) is 0 Å². The lowest BCUT2D eigenvalue weighted by Crippen LogP contribution is -2.71. The zero-order valence-corrected chi connectivity index (χ0v) is 15.1. The van der Waals surface area contributed by atoms with Crippen LogP contribution in [0.1, 0.15) is 17.2 Å². The molecule has 0 bridgehead atoms. The fourth-order valence-corrected chi connectivity index (χ4v) is 3.71. The second-order valence-corrected chi connectivity index (χ2v) is 6.83. The Morgan fingerprint density at radius 2 is 1.76 bits per heavy atom. The van der Waals surface area contributed by atoms with E-state index < -0.39 is 41.0 Å². The van der Waals surface area contributed by atoms with Gasteiger partial charge in [-0.1, -0.05) is 42.5 Å². The van der Waals surface area contributed by atoms with Crippen LogP contribution >= 0.6 is 0 Å². The highest BCUT2D eigenvalue weighted by Crippen LogP contribution is 2.33. The van der Waals surface area contributed by atoms with Gasteiger partial charge in [-0.2, -0.15) is 0 Å². The number of carbonyl (C=O) groups is 3. The minimum Gasteiger partial charge on any atom is -0.330 e. The lowest BCUT2D eigenvalue weighted by atomic mass is 9.86. The number of fused-ring (bicyclic) bond motifs is 1. The van der Waals surface area contributed by atoms with Gasteiger partial charge in [0.2, 0.25) is 5.91 Å². The van der Waals surface area contributed by atoms with Gasteiger partial charge in [0.1, 0.15) is 12.1 Å². The van der Waals surface area contributed by atoms with E-state index in [0.29, 0.717) is 5.56 Å². The van der Waals surface area contributed by atoms with Crippen LogP contribution in [-0.4, -0.2) is 34.0 Å². The number of carbonyl (C=O) groups excluding carboxylic acids is 3. The average Bonchev–Trinajstić information content (AvgIpc) is 2.71. The fourth-order valence-electron chi connectivity index (χ4n) is 3.71. The molecule has 0 saturated carbocycles. The number of rotatable bonds is 4. The van der Waals surface area contributed by atoms with Crippen molar-refractivity contribution in [1.29, 1.82) is 0 Å². The van der Waals surface area contributed by atoms with Gasteiger partial charge in [0, 0.05) is 18.7 Å². The van der Waals surface area contributed by atoms with Gasteiger partial charge in [-0.15, -0.1) is 0 Å². The Labute approximate surface area is 165 Å². The number of nitrogens with one attached hydrogen (secondary N) is 3. The molecule has 4 rings (SSSR count). The molecule has 0 radical (unpaired) electrons. The highest BCUT2D eigenvalue weighted by molar-refractivity contribution is 6.00. The Bertz CT molecular complexity index is 995. The van der Waals surface area contributed by atoms with E-state index in [4.69, 9.17) is 0 Å². The first-order valence-electron chi connectivity index (χ1n) is 8.91. The number of nitro groups is 1. The zero-order chi connectivity index (χ0) is 20.5. The van der Waals surface area contributed by atoms with Crippen molar-refractivity contribution < 1.29 is 19.3 Å². The monoisotopic (exact) mass is 395 g/mol. The second-order valence-electron chi connectivity index (χ2n) is 6.83. The highest BCUT2D eigenvalue weighted by Gasteiger charge is 2.50. The van der Waals surface area contributed by atoms with Gasteiger partial charge in [-0.3, -0.25) is 25.1 Å². The molecule has 2 heterocycles. The van der Waals surface area contributed by atoms with Crippen molar-refractivity contribution in [3.05, 3.63) is 75.8 Å². The van der Waals surface area contributed by atoms with Crippen molar-refractivity contribution in [3.8, 4) is 0 Å². The summed E-state index contributed by atoms with van der Waals surface area (Å²) in [6.45, 7) is 0.184. The molecule has 2 saturated heterocycles. The molecule has 10 heteroatoms. The minimum absolute atomic E-state index is 0.153. The SMILES string of the molecule is O=C1NC(c2cccc([N+](=O)[O-])c2)C2C(=O)NC(=O)N(Cc3ccccc3)C2N1. The molecule has 2 aliphatic rings. The molecule has 0 aliphatic carbocycles. The summed E-state index contributed by atoms with van der Waals surface area (Å²) >= 11 is 0. The first kappa shape index (κ1) is 18.4. The number of imide groups is 1. The second kappa shape index (κ2) is 7.23. The lowest BCUT2D eigenvalue weighted by molar-refractivity contribution is -0.384. The molecule has 0 spiro atoms. The van der Waals surface area contributed by atoms with E-state index in [0.717, 1.165) is 5.56 Å². The topological polar surface area (TPSA) is 134 Å². The summed E-state index contributed by atoms with van der Waals surface area (Å²) in [6.07, 6.45) is -0.894. The molecule has 10 nitrogen and oxygen atoms in total. The first-order valence-corrected chi connectivity index (χ1v) is 8.91. The molecule has 29 heavy (non-hydrogen) atoms. The summed E-state index contributed by atoms with van der Waals surface area (Å²) in [7, 11) is 0. The molecule has 2 aromatic carbocycles. The predicted octanol–water partition coefficient (Wildman–Crippen LogP) is 1.64. The molecule has 3 atom stereocenters. The summed E-state index contributed by atoms with van der Waals surface area (Å²) in [5.41, 5.74) is 1.09. The van der Waals surface area contributed by atoms with Crippen molar-refractivity contribution in [3.63, 3.8) is 0 Å². The van der Waals surface area contributed by atoms with Gasteiger partial charge in [0.25, 0.3) is 5.69 Å². The predicted molar refractivity (Wildman–Crippen MR) is 100 cm³/mol. The van der Waals surface area contributed by atoms with E-state index in [9.17, 15) is 24.5 Å². The Balaban J connectivity index is 1.70. The largest absolute Gasteiger partial charge is 0.330 e. The van der Waals surface area contributed by atoms with E-state index in [-0.39, 0.29) is 12.2 Å². The van der Waals surface area contributed by atoms with Crippen LogP contribution in [0, 0.1) is 16.0 Å². The molecule has 0 aromatic heterocycles. The van der Waals surface area contributed by atoms with Crippen LogP contribution < -0.4 is 16.0 Å². The number of nitrogens with zero attached hydrogens (tertiary/aromatic N) is 2. The minimum atomic E-state index is -0.894. The van der Waals surface area contributed by atoms with Crippen LogP contribution in [0.15, 0.2) is 54.6 Å². The maximum absolute atomic E-state index is 12.7.